The van der Waals surface area contributed by atoms with Crippen molar-refractivity contribution in [3.63, 3.8) is 0 Å². The number of hydrogen-bond donors (Lipinski definition) is 0. The topological polar surface area (TPSA) is 73.7 Å². The summed E-state index contributed by atoms with van der Waals surface area (Å²) in [5.41, 5.74) is 0.517. The Morgan fingerprint density at radius 1 is 1.19 bits per heavy atom. The van der Waals surface area contributed by atoms with Crippen molar-refractivity contribution in [2.24, 2.45) is 0 Å². The molecule has 174 valence electrons. The second-order valence-corrected chi connectivity index (χ2v) is 9.63. The Balaban J connectivity index is 1.59. The highest BCUT2D eigenvalue weighted by atomic mass is 32.2. The summed E-state index contributed by atoms with van der Waals surface area (Å²) < 4.78 is 47.6. The third-order valence-corrected chi connectivity index (χ3v) is 7.45. The van der Waals surface area contributed by atoms with E-state index in [2.05, 4.69) is 5.10 Å². The summed E-state index contributed by atoms with van der Waals surface area (Å²) in [6.45, 7) is 1.70. The van der Waals surface area contributed by atoms with Gasteiger partial charge in [-0.2, -0.15) is 9.78 Å². The van der Waals surface area contributed by atoms with Crippen LogP contribution in [-0.4, -0.2) is 63.3 Å². The molecule has 2 aromatic rings. The molecule has 1 aromatic heterocycles. The number of nitrogens with zero attached hydrogens (tertiary/aromatic N) is 4. The lowest BCUT2D eigenvalue weighted by Crippen LogP contribution is -2.49. The van der Waals surface area contributed by atoms with Crippen LogP contribution in [0.5, 0.6) is 5.75 Å². The van der Waals surface area contributed by atoms with Gasteiger partial charge in [-0.3, -0.25) is 9.18 Å². The molecule has 32 heavy (non-hydrogen) atoms. The number of ether oxygens (including phenoxy) is 1. The molecule has 4 rings (SSSR count). The minimum absolute atomic E-state index is 0.0284. The highest BCUT2D eigenvalue weighted by Gasteiger charge is 2.29. The molecule has 1 aliphatic heterocycles. The van der Waals surface area contributed by atoms with E-state index in [0.29, 0.717) is 43.3 Å². The molecule has 0 amide bonds. The van der Waals surface area contributed by atoms with Gasteiger partial charge in [-0.1, -0.05) is 6.07 Å². The number of benzene rings is 1. The molecule has 1 saturated carbocycles. The number of halogens is 2. The zero-order valence-corrected chi connectivity index (χ0v) is 18.7. The highest BCUT2D eigenvalue weighted by molar-refractivity contribution is 7.89. The lowest BCUT2D eigenvalue weighted by molar-refractivity contribution is 0.205. The van der Waals surface area contributed by atoms with E-state index in [4.69, 9.17) is 4.74 Å². The van der Waals surface area contributed by atoms with Gasteiger partial charge in [0.05, 0.1) is 37.8 Å². The minimum atomic E-state index is -1.20. The van der Waals surface area contributed by atoms with Gasteiger partial charge in [0.1, 0.15) is 17.3 Å². The Hall–Kier alpha value is -2.17. The van der Waals surface area contributed by atoms with Gasteiger partial charge in [0.25, 0.3) is 0 Å². The number of piperazine rings is 1. The first-order chi connectivity index (χ1) is 15.6. The number of rotatable bonds is 8. The van der Waals surface area contributed by atoms with Crippen LogP contribution in [0, 0.1) is 5.82 Å². The fraction of sp³-hybridized carbons (Fsp3) is 0.545. The quantitative estimate of drug-likeness (QED) is 0.557. The van der Waals surface area contributed by atoms with E-state index < -0.39 is 29.4 Å². The predicted octanol–water partition coefficient (Wildman–Crippen LogP) is 2.84. The van der Waals surface area contributed by atoms with Crippen LogP contribution < -0.4 is 15.2 Å². The third-order valence-electron chi connectivity index (χ3n) is 5.87. The van der Waals surface area contributed by atoms with Gasteiger partial charge >= 0.3 is 5.56 Å². The largest absolute Gasteiger partial charge is 0.598 e. The number of alkyl halides is 1. The summed E-state index contributed by atoms with van der Waals surface area (Å²) in [6.07, 6.45) is 5.75. The van der Waals surface area contributed by atoms with Crippen LogP contribution in [-0.2, 0) is 11.4 Å². The van der Waals surface area contributed by atoms with Crippen LogP contribution in [0.3, 0.4) is 0 Å². The maximum Gasteiger partial charge on any atom is 0.316 e. The van der Waals surface area contributed by atoms with Gasteiger partial charge in [-0.05, 0) is 43.9 Å². The Kier molecular flexibility index (Phi) is 7.64. The first kappa shape index (κ1) is 23.0. The second kappa shape index (κ2) is 10.6. The molecule has 0 unspecified atom stereocenters. The molecule has 0 N–H and O–H groups in total. The van der Waals surface area contributed by atoms with Crippen LogP contribution >= 0.6 is 0 Å². The summed E-state index contributed by atoms with van der Waals surface area (Å²) in [5, 5.41) is 4.30. The van der Waals surface area contributed by atoms with Crippen molar-refractivity contribution in [3.8, 4) is 11.4 Å². The predicted molar refractivity (Wildman–Crippen MR) is 120 cm³/mol. The summed E-state index contributed by atoms with van der Waals surface area (Å²) in [4.78, 5) is 15.4. The van der Waals surface area contributed by atoms with Crippen molar-refractivity contribution in [3.05, 3.63) is 46.6 Å². The van der Waals surface area contributed by atoms with E-state index in [0.717, 1.165) is 25.7 Å². The number of aromatic nitrogens is 2. The van der Waals surface area contributed by atoms with Crippen molar-refractivity contribution in [2.45, 2.75) is 38.2 Å². The van der Waals surface area contributed by atoms with E-state index in [1.54, 1.807) is 12.3 Å². The van der Waals surface area contributed by atoms with Gasteiger partial charge in [-0.25, -0.2) is 4.39 Å². The normalized spacial score (nSPS) is 18.8. The molecule has 0 spiro atoms. The molecule has 2 heterocycles. The van der Waals surface area contributed by atoms with Crippen molar-refractivity contribution < 1.29 is 18.1 Å². The molecule has 10 heteroatoms. The Labute approximate surface area is 189 Å². The van der Waals surface area contributed by atoms with E-state index in [1.807, 2.05) is 9.21 Å². The maximum absolute atomic E-state index is 13.7. The van der Waals surface area contributed by atoms with E-state index in [9.17, 15) is 18.1 Å². The summed E-state index contributed by atoms with van der Waals surface area (Å²) in [6, 6.07) is 5.74. The van der Waals surface area contributed by atoms with Crippen molar-refractivity contribution in [2.75, 3.05) is 43.5 Å². The molecule has 0 radical (unpaired) electrons. The highest BCUT2D eigenvalue weighted by Crippen LogP contribution is 2.30. The van der Waals surface area contributed by atoms with Crippen LogP contribution in [0.15, 0.2) is 35.3 Å². The van der Waals surface area contributed by atoms with Crippen LogP contribution in [0.25, 0.3) is 5.69 Å². The monoisotopic (exact) mass is 466 g/mol. The molecular formula is C22H28F2N4O3S. The van der Waals surface area contributed by atoms with E-state index in [-0.39, 0.29) is 18.3 Å². The number of hydrogen-bond acceptors (Lipinski definition) is 6. The van der Waals surface area contributed by atoms with Crippen LogP contribution in [0.2, 0.25) is 0 Å². The summed E-state index contributed by atoms with van der Waals surface area (Å²) >= 11 is -1.20. The third kappa shape index (κ3) is 5.24. The van der Waals surface area contributed by atoms with Gasteiger partial charge in [0, 0.05) is 30.9 Å². The van der Waals surface area contributed by atoms with Crippen LogP contribution in [0.1, 0.15) is 32.1 Å². The Bertz CT molecular complexity index is 962. The van der Waals surface area contributed by atoms with Crippen molar-refractivity contribution in [1.82, 2.24) is 14.1 Å². The Morgan fingerprint density at radius 2 is 1.94 bits per heavy atom. The Morgan fingerprint density at radius 3 is 2.62 bits per heavy atom. The van der Waals surface area contributed by atoms with Crippen molar-refractivity contribution in [1.29, 1.82) is 0 Å². The minimum Gasteiger partial charge on any atom is -0.598 e. The summed E-state index contributed by atoms with van der Waals surface area (Å²) in [7, 11) is 0. The SMILES string of the molecule is O=c1c(OC2CCCC2)c(N2CCN([S@+]([O-])CCCF)CC2)cnn1-c1cccc(F)c1. The molecule has 0 bridgehead atoms. The zero-order chi connectivity index (χ0) is 22.5. The molecule has 7 nitrogen and oxygen atoms in total. The zero-order valence-electron chi connectivity index (χ0n) is 17.9. The molecule has 1 atom stereocenters. The molecule has 1 aliphatic carbocycles. The average molecular weight is 467 g/mol. The fourth-order valence-corrected chi connectivity index (χ4v) is 5.35. The molecular weight excluding hydrogens is 438 g/mol. The van der Waals surface area contributed by atoms with Crippen LogP contribution in [0.4, 0.5) is 14.5 Å². The lowest BCUT2D eigenvalue weighted by Gasteiger charge is -2.36. The van der Waals surface area contributed by atoms with Gasteiger partial charge in [-0.15, -0.1) is 4.31 Å². The molecule has 2 aliphatic rings. The smallest absolute Gasteiger partial charge is 0.316 e. The first-order valence-electron chi connectivity index (χ1n) is 11.1. The standard InChI is InChI=1S/C22H28F2N4O3S/c23-9-4-14-32(30)27-12-10-26(11-13-27)20-16-25-28(18-6-3-5-17(24)15-18)22(29)21(20)31-19-7-1-2-8-19/h3,5-6,15-16,19H,1-2,4,7-14H2/t32-/m1/s1. The molecule has 2 fully saturated rings. The molecule has 1 aromatic carbocycles. The first-order valence-corrected chi connectivity index (χ1v) is 12.3. The fourth-order valence-electron chi connectivity index (χ4n) is 4.17. The maximum atomic E-state index is 13.7. The summed E-state index contributed by atoms with van der Waals surface area (Å²) in [5.74, 6) is 0.0937. The second-order valence-electron chi connectivity index (χ2n) is 8.06. The average Bonchev–Trinajstić information content (AvgIpc) is 3.32. The molecule has 1 saturated heterocycles. The van der Waals surface area contributed by atoms with E-state index >= 15 is 0 Å². The van der Waals surface area contributed by atoms with Crippen molar-refractivity contribution >= 4 is 17.0 Å². The number of anilines is 1. The van der Waals surface area contributed by atoms with Gasteiger partial charge < -0.3 is 14.2 Å². The van der Waals surface area contributed by atoms with Gasteiger partial charge in [0.2, 0.25) is 5.75 Å². The van der Waals surface area contributed by atoms with E-state index in [1.165, 1.54) is 22.9 Å². The van der Waals surface area contributed by atoms with Gasteiger partial charge in [0.15, 0.2) is 0 Å². The lowest BCUT2D eigenvalue weighted by atomic mass is 10.2.